The molecule has 6 nitrogen and oxygen atoms in total. The van der Waals surface area contributed by atoms with Crippen LogP contribution in [0.25, 0.3) is 11.0 Å². The largest absolute Gasteiger partial charge is 0.355 e. The van der Waals surface area contributed by atoms with Gasteiger partial charge in [0.2, 0.25) is 9.84 Å². The first-order chi connectivity index (χ1) is 13.5. The fraction of sp³-hybridized carbons (Fsp3) is 0.250. The number of anilines is 1. The van der Waals surface area contributed by atoms with Crippen LogP contribution in [0.3, 0.4) is 0 Å². The van der Waals surface area contributed by atoms with E-state index in [-0.39, 0.29) is 10.6 Å². The van der Waals surface area contributed by atoms with Gasteiger partial charge in [-0.1, -0.05) is 23.7 Å². The highest BCUT2D eigenvalue weighted by Crippen LogP contribution is 2.35. The maximum atomic E-state index is 13.2. The number of halogens is 1. The molecule has 1 atom stereocenters. The molecule has 1 aliphatic rings. The summed E-state index contributed by atoms with van der Waals surface area (Å²) in [5, 5.41) is 8.80. The summed E-state index contributed by atoms with van der Waals surface area (Å²) in [5.41, 5.74) is 1.42. The second-order valence-electron chi connectivity index (χ2n) is 6.62. The van der Waals surface area contributed by atoms with E-state index in [1.807, 2.05) is 29.2 Å². The number of sulfone groups is 1. The molecule has 1 aliphatic heterocycles. The number of rotatable bonds is 4. The van der Waals surface area contributed by atoms with Gasteiger partial charge in [-0.3, -0.25) is 0 Å². The van der Waals surface area contributed by atoms with Crippen molar-refractivity contribution in [3.8, 4) is 6.07 Å². The molecule has 3 aromatic rings. The number of nitrogens with zero attached hydrogens (tertiary/aromatic N) is 4. The van der Waals surface area contributed by atoms with E-state index in [9.17, 15) is 13.7 Å². The fourth-order valence-electron chi connectivity index (χ4n) is 3.38. The molecule has 0 aliphatic carbocycles. The maximum absolute atomic E-state index is 13.2. The van der Waals surface area contributed by atoms with E-state index in [0.29, 0.717) is 21.9 Å². The lowest BCUT2D eigenvalue weighted by molar-refractivity contribution is 0.590. The van der Waals surface area contributed by atoms with E-state index in [4.69, 9.17) is 11.6 Å². The Morgan fingerprint density at radius 3 is 2.21 bits per heavy atom. The van der Waals surface area contributed by atoms with Crippen LogP contribution in [0.4, 0.5) is 5.82 Å². The van der Waals surface area contributed by atoms with Gasteiger partial charge >= 0.3 is 0 Å². The van der Waals surface area contributed by atoms with Crippen LogP contribution < -0.4 is 4.90 Å². The van der Waals surface area contributed by atoms with Gasteiger partial charge in [-0.25, -0.2) is 18.4 Å². The second-order valence-corrected chi connectivity index (χ2v) is 9.09. The number of benzene rings is 2. The third-order valence-electron chi connectivity index (χ3n) is 4.80. The highest BCUT2D eigenvalue weighted by Gasteiger charge is 2.35. The Kier molecular flexibility index (Phi) is 4.92. The van der Waals surface area contributed by atoms with E-state index in [1.165, 1.54) is 24.3 Å². The van der Waals surface area contributed by atoms with Gasteiger partial charge in [0.05, 0.1) is 22.0 Å². The molecule has 0 spiro atoms. The monoisotopic (exact) mass is 412 g/mol. The normalized spacial score (nSPS) is 15.5. The summed E-state index contributed by atoms with van der Waals surface area (Å²) >= 11 is 5.88. The van der Waals surface area contributed by atoms with Crippen LogP contribution in [0.15, 0.2) is 53.4 Å². The Balaban J connectivity index is 1.90. The molecule has 2 heterocycles. The quantitative estimate of drug-likeness (QED) is 0.645. The topological polar surface area (TPSA) is 86.9 Å². The third kappa shape index (κ3) is 3.30. The summed E-state index contributed by atoms with van der Waals surface area (Å²) < 4.78 is 26.5. The zero-order chi connectivity index (χ0) is 19.7. The molecule has 1 fully saturated rings. The predicted molar refractivity (Wildman–Crippen MR) is 108 cm³/mol. The highest BCUT2D eigenvalue weighted by molar-refractivity contribution is 7.92. The SMILES string of the molecule is N#CC(c1nc2ccccc2nc1N1CCCC1)S(=O)(=O)c1ccc(Cl)cc1. The first-order valence-corrected chi connectivity index (χ1v) is 10.8. The molecular weight excluding hydrogens is 396 g/mol. The highest BCUT2D eigenvalue weighted by atomic mass is 35.5. The van der Waals surface area contributed by atoms with E-state index < -0.39 is 15.1 Å². The summed E-state index contributed by atoms with van der Waals surface area (Å²) in [6.45, 7) is 1.53. The molecule has 1 aromatic heterocycles. The van der Waals surface area contributed by atoms with Crippen molar-refractivity contribution in [2.45, 2.75) is 23.0 Å². The van der Waals surface area contributed by atoms with E-state index in [0.717, 1.165) is 25.9 Å². The molecule has 0 saturated carbocycles. The molecular formula is C20H17ClN4O2S. The maximum Gasteiger partial charge on any atom is 0.200 e. The van der Waals surface area contributed by atoms with Crippen molar-refractivity contribution < 1.29 is 8.42 Å². The van der Waals surface area contributed by atoms with E-state index >= 15 is 0 Å². The van der Waals surface area contributed by atoms with Gasteiger partial charge in [0.25, 0.3) is 0 Å². The molecule has 8 heteroatoms. The predicted octanol–water partition coefficient (Wildman–Crippen LogP) is 3.92. The number of nitriles is 1. The average molecular weight is 413 g/mol. The van der Waals surface area contributed by atoms with Crippen LogP contribution >= 0.6 is 11.6 Å². The zero-order valence-electron chi connectivity index (χ0n) is 14.9. The molecule has 0 bridgehead atoms. The van der Waals surface area contributed by atoms with Crippen molar-refractivity contribution in [1.29, 1.82) is 5.26 Å². The molecule has 0 amide bonds. The van der Waals surface area contributed by atoms with Gasteiger partial charge in [0, 0.05) is 18.1 Å². The van der Waals surface area contributed by atoms with Crippen LogP contribution in [0.2, 0.25) is 5.02 Å². The number of hydrogen-bond donors (Lipinski definition) is 0. The summed E-state index contributed by atoms with van der Waals surface area (Å²) in [6, 6.07) is 15.0. The molecule has 1 saturated heterocycles. The van der Waals surface area contributed by atoms with Gasteiger partial charge in [-0.2, -0.15) is 5.26 Å². The average Bonchev–Trinajstić information content (AvgIpc) is 3.23. The van der Waals surface area contributed by atoms with E-state index in [1.54, 1.807) is 6.07 Å². The van der Waals surface area contributed by atoms with Gasteiger partial charge in [0.1, 0.15) is 5.69 Å². The zero-order valence-corrected chi connectivity index (χ0v) is 16.5. The second kappa shape index (κ2) is 7.38. The molecule has 0 radical (unpaired) electrons. The van der Waals surface area contributed by atoms with Crippen LogP contribution in [-0.2, 0) is 9.84 Å². The molecule has 4 rings (SSSR count). The lowest BCUT2D eigenvalue weighted by Crippen LogP contribution is -2.24. The number of hydrogen-bond acceptors (Lipinski definition) is 6. The van der Waals surface area contributed by atoms with Crippen molar-refractivity contribution in [1.82, 2.24) is 9.97 Å². The molecule has 1 unspecified atom stereocenters. The van der Waals surface area contributed by atoms with Crippen molar-refractivity contribution in [2.75, 3.05) is 18.0 Å². The standard InChI is InChI=1S/C20H17ClN4O2S/c21-14-7-9-15(10-8-14)28(26,27)18(13-22)19-20(25-11-3-4-12-25)24-17-6-2-1-5-16(17)23-19/h1-2,5-10,18H,3-4,11-12H2. The van der Waals surface area contributed by atoms with Crippen LogP contribution in [0.5, 0.6) is 0 Å². The van der Waals surface area contributed by atoms with Crippen molar-refractivity contribution in [3.05, 3.63) is 59.2 Å². The van der Waals surface area contributed by atoms with Gasteiger partial charge in [0.15, 0.2) is 11.1 Å². The lowest BCUT2D eigenvalue weighted by atomic mass is 10.2. The first-order valence-electron chi connectivity index (χ1n) is 8.91. The summed E-state index contributed by atoms with van der Waals surface area (Å²) in [6.07, 6.45) is 1.99. The fourth-order valence-corrected chi connectivity index (χ4v) is 4.88. The lowest BCUT2D eigenvalue weighted by Gasteiger charge is -2.22. The minimum Gasteiger partial charge on any atom is -0.355 e. The van der Waals surface area contributed by atoms with Gasteiger partial charge in [-0.15, -0.1) is 0 Å². The summed E-state index contributed by atoms with van der Waals surface area (Å²) in [7, 11) is -3.99. The molecule has 2 aromatic carbocycles. The molecule has 142 valence electrons. The Morgan fingerprint density at radius 2 is 1.61 bits per heavy atom. The minimum absolute atomic E-state index is 0.0331. The van der Waals surface area contributed by atoms with Gasteiger partial charge < -0.3 is 4.90 Å². The Morgan fingerprint density at radius 1 is 1.00 bits per heavy atom. The number of aromatic nitrogens is 2. The van der Waals surface area contributed by atoms with E-state index in [2.05, 4.69) is 9.97 Å². The first kappa shape index (κ1) is 18.7. The Bertz CT molecular complexity index is 1170. The van der Waals surface area contributed by atoms with Crippen molar-refractivity contribution in [3.63, 3.8) is 0 Å². The van der Waals surface area contributed by atoms with Crippen LogP contribution in [0, 0.1) is 11.3 Å². The Hall–Kier alpha value is -2.69. The molecule has 28 heavy (non-hydrogen) atoms. The van der Waals surface area contributed by atoms with Crippen LogP contribution in [0.1, 0.15) is 23.8 Å². The minimum atomic E-state index is -3.99. The van der Waals surface area contributed by atoms with Gasteiger partial charge in [-0.05, 0) is 49.2 Å². The summed E-state index contributed by atoms with van der Waals surface area (Å²) in [5.74, 6) is 0.472. The number of fused-ring (bicyclic) bond motifs is 1. The Labute approximate surface area is 168 Å². The summed E-state index contributed by atoms with van der Waals surface area (Å²) in [4.78, 5) is 11.3. The van der Waals surface area contributed by atoms with Crippen LogP contribution in [-0.4, -0.2) is 31.5 Å². The van der Waals surface area contributed by atoms with Crippen molar-refractivity contribution in [2.24, 2.45) is 0 Å². The smallest absolute Gasteiger partial charge is 0.200 e. The molecule has 0 N–H and O–H groups in total. The van der Waals surface area contributed by atoms with Crippen molar-refractivity contribution >= 4 is 38.3 Å². The number of para-hydroxylation sites is 2. The third-order valence-corrected chi connectivity index (χ3v) is 6.93.